The molecule has 0 fully saturated rings. The van der Waals surface area contributed by atoms with E-state index in [1.165, 1.54) is 15.6 Å². The summed E-state index contributed by atoms with van der Waals surface area (Å²) in [5.41, 5.74) is 1.46. The second kappa shape index (κ2) is 5.00. The summed E-state index contributed by atoms with van der Waals surface area (Å²) in [6.07, 6.45) is 2.28. The topological polar surface area (TPSA) is 0 Å². The van der Waals surface area contributed by atoms with Crippen molar-refractivity contribution >= 4 is 33.0 Å². The molecule has 0 aliphatic rings. The smallest absolute Gasteiger partial charge is 0.0345 e. The van der Waals surface area contributed by atoms with Crippen molar-refractivity contribution in [2.24, 2.45) is 5.92 Å². The SMILES string of the molecule is CCC(CCl)Cc1csc2ccccc12. The first kappa shape index (κ1) is 11.0. The van der Waals surface area contributed by atoms with Gasteiger partial charge < -0.3 is 0 Å². The Kier molecular flexibility index (Phi) is 3.66. The van der Waals surface area contributed by atoms with Crippen LogP contribution in [0.1, 0.15) is 18.9 Å². The summed E-state index contributed by atoms with van der Waals surface area (Å²) in [6.45, 7) is 2.21. The van der Waals surface area contributed by atoms with Gasteiger partial charge in [-0.15, -0.1) is 22.9 Å². The number of hydrogen-bond donors (Lipinski definition) is 0. The zero-order valence-corrected chi connectivity index (χ0v) is 10.4. The third-order valence-electron chi connectivity index (χ3n) is 2.87. The van der Waals surface area contributed by atoms with Gasteiger partial charge >= 0.3 is 0 Å². The molecule has 0 aliphatic heterocycles. The molecule has 1 unspecified atom stereocenters. The van der Waals surface area contributed by atoms with Crippen molar-refractivity contribution in [3.63, 3.8) is 0 Å². The summed E-state index contributed by atoms with van der Waals surface area (Å²) in [5.74, 6) is 1.38. The summed E-state index contributed by atoms with van der Waals surface area (Å²) >= 11 is 7.77. The van der Waals surface area contributed by atoms with E-state index in [0.29, 0.717) is 5.92 Å². The van der Waals surface area contributed by atoms with Crippen LogP contribution in [0.15, 0.2) is 29.6 Å². The lowest BCUT2D eigenvalue weighted by atomic mass is 9.98. The van der Waals surface area contributed by atoms with E-state index in [4.69, 9.17) is 11.6 Å². The molecule has 1 atom stereocenters. The molecule has 1 heterocycles. The number of benzene rings is 1. The van der Waals surface area contributed by atoms with Gasteiger partial charge in [0.05, 0.1) is 0 Å². The van der Waals surface area contributed by atoms with Crippen LogP contribution in [0.5, 0.6) is 0 Å². The molecule has 2 aromatic rings. The van der Waals surface area contributed by atoms with E-state index in [-0.39, 0.29) is 0 Å². The number of alkyl halides is 1. The van der Waals surface area contributed by atoms with Crippen molar-refractivity contribution in [3.05, 3.63) is 35.2 Å². The highest BCUT2D eigenvalue weighted by Crippen LogP contribution is 2.28. The number of hydrogen-bond acceptors (Lipinski definition) is 1. The van der Waals surface area contributed by atoms with E-state index in [9.17, 15) is 0 Å². The largest absolute Gasteiger partial charge is 0.144 e. The molecule has 0 saturated carbocycles. The van der Waals surface area contributed by atoms with Crippen molar-refractivity contribution < 1.29 is 0 Å². The van der Waals surface area contributed by atoms with E-state index in [0.717, 1.165) is 18.7 Å². The molecule has 0 bridgehead atoms. The third kappa shape index (κ3) is 2.35. The summed E-state index contributed by atoms with van der Waals surface area (Å²) in [4.78, 5) is 0. The molecule has 2 rings (SSSR count). The first-order chi connectivity index (χ1) is 7.35. The van der Waals surface area contributed by atoms with Gasteiger partial charge in [0.2, 0.25) is 0 Å². The minimum atomic E-state index is 0.615. The van der Waals surface area contributed by atoms with Crippen LogP contribution >= 0.6 is 22.9 Å². The van der Waals surface area contributed by atoms with Crippen LogP contribution in [-0.4, -0.2) is 5.88 Å². The van der Waals surface area contributed by atoms with Crippen LogP contribution in [0.2, 0.25) is 0 Å². The molecular weight excluding hydrogens is 224 g/mol. The van der Waals surface area contributed by atoms with Crippen molar-refractivity contribution in [2.45, 2.75) is 19.8 Å². The number of halogens is 1. The molecule has 0 N–H and O–H groups in total. The number of thiophene rings is 1. The second-order valence-corrected chi connectivity index (χ2v) is 5.11. The molecule has 2 heteroatoms. The first-order valence-electron chi connectivity index (χ1n) is 5.36. The zero-order chi connectivity index (χ0) is 10.7. The Morgan fingerprint density at radius 2 is 2.13 bits per heavy atom. The van der Waals surface area contributed by atoms with Crippen LogP contribution in [0.25, 0.3) is 10.1 Å². The molecule has 1 aromatic heterocycles. The summed E-state index contributed by atoms with van der Waals surface area (Å²) in [5, 5.41) is 3.69. The van der Waals surface area contributed by atoms with E-state index in [1.807, 2.05) is 11.3 Å². The molecule has 0 amide bonds. The van der Waals surface area contributed by atoms with E-state index in [1.54, 1.807) is 0 Å². The Morgan fingerprint density at radius 1 is 1.33 bits per heavy atom. The van der Waals surface area contributed by atoms with Gasteiger partial charge in [0.15, 0.2) is 0 Å². The van der Waals surface area contributed by atoms with Crippen LogP contribution in [0.4, 0.5) is 0 Å². The average molecular weight is 239 g/mol. The van der Waals surface area contributed by atoms with Gasteiger partial charge in [-0.2, -0.15) is 0 Å². The van der Waals surface area contributed by atoms with Gasteiger partial charge in [0.25, 0.3) is 0 Å². The van der Waals surface area contributed by atoms with Crippen LogP contribution in [-0.2, 0) is 6.42 Å². The lowest BCUT2D eigenvalue weighted by Crippen LogP contribution is -2.04. The Morgan fingerprint density at radius 3 is 2.87 bits per heavy atom. The Labute approximate surface area is 99.9 Å². The van der Waals surface area contributed by atoms with Crippen molar-refractivity contribution in [3.8, 4) is 0 Å². The van der Waals surface area contributed by atoms with Crippen molar-refractivity contribution in [1.82, 2.24) is 0 Å². The van der Waals surface area contributed by atoms with Crippen molar-refractivity contribution in [1.29, 1.82) is 0 Å². The fraction of sp³-hybridized carbons (Fsp3) is 0.385. The normalized spacial score (nSPS) is 13.2. The molecule has 15 heavy (non-hydrogen) atoms. The maximum absolute atomic E-state index is 5.94. The van der Waals surface area contributed by atoms with Crippen LogP contribution in [0, 0.1) is 5.92 Å². The second-order valence-electron chi connectivity index (χ2n) is 3.89. The van der Waals surface area contributed by atoms with Gasteiger partial charge in [-0.3, -0.25) is 0 Å². The van der Waals surface area contributed by atoms with E-state index in [2.05, 4.69) is 36.6 Å². The molecule has 0 radical (unpaired) electrons. The fourth-order valence-electron chi connectivity index (χ4n) is 1.81. The third-order valence-corrected chi connectivity index (χ3v) is 4.31. The highest BCUT2D eigenvalue weighted by molar-refractivity contribution is 7.17. The summed E-state index contributed by atoms with van der Waals surface area (Å²) in [6, 6.07) is 8.61. The first-order valence-corrected chi connectivity index (χ1v) is 6.77. The van der Waals surface area contributed by atoms with Gasteiger partial charge in [-0.1, -0.05) is 31.5 Å². The maximum atomic E-state index is 5.94. The summed E-state index contributed by atoms with van der Waals surface area (Å²) < 4.78 is 1.39. The van der Waals surface area contributed by atoms with Gasteiger partial charge in [0.1, 0.15) is 0 Å². The van der Waals surface area contributed by atoms with Gasteiger partial charge in [0, 0.05) is 10.6 Å². The van der Waals surface area contributed by atoms with E-state index < -0.39 is 0 Å². The Balaban J connectivity index is 2.28. The monoisotopic (exact) mass is 238 g/mol. The van der Waals surface area contributed by atoms with E-state index >= 15 is 0 Å². The molecular formula is C13H15ClS. The van der Waals surface area contributed by atoms with Crippen LogP contribution < -0.4 is 0 Å². The Hall–Kier alpha value is -0.530. The number of fused-ring (bicyclic) bond motifs is 1. The van der Waals surface area contributed by atoms with Crippen LogP contribution in [0.3, 0.4) is 0 Å². The molecule has 0 spiro atoms. The van der Waals surface area contributed by atoms with Gasteiger partial charge in [-0.25, -0.2) is 0 Å². The summed E-state index contributed by atoms with van der Waals surface area (Å²) in [7, 11) is 0. The van der Waals surface area contributed by atoms with Gasteiger partial charge in [-0.05, 0) is 34.7 Å². The predicted octanol–water partition coefficient (Wildman–Crippen LogP) is 4.71. The maximum Gasteiger partial charge on any atom is 0.0345 e. The quantitative estimate of drug-likeness (QED) is 0.677. The standard InChI is InChI=1S/C13H15ClS/c1-2-10(8-14)7-11-9-15-13-6-4-3-5-12(11)13/h3-6,9-10H,2,7-8H2,1H3. The minimum Gasteiger partial charge on any atom is -0.144 e. The molecule has 0 saturated heterocycles. The fourth-order valence-corrected chi connectivity index (χ4v) is 3.11. The minimum absolute atomic E-state index is 0.615. The molecule has 0 aliphatic carbocycles. The lowest BCUT2D eigenvalue weighted by Gasteiger charge is -2.09. The zero-order valence-electron chi connectivity index (χ0n) is 8.87. The molecule has 1 aromatic carbocycles. The Bertz CT molecular complexity index is 429. The molecule has 0 nitrogen and oxygen atoms in total. The highest BCUT2D eigenvalue weighted by atomic mass is 35.5. The lowest BCUT2D eigenvalue weighted by molar-refractivity contribution is 0.569. The molecule has 80 valence electrons. The predicted molar refractivity (Wildman–Crippen MR) is 70.0 cm³/mol. The number of rotatable bonds is 4. The highest BCUT2D eigenvalue weighted by Gasteiger charge is 2.09. The average Bonchev–Trinajstić information content (AvgIpc) is 2.69. The van der Waals surface area contributed by atoms with Crippen molar-refractivity contribution in [2.75, 3.05) is 5.88 Å².